The number of halogens is 1. The highest BCUT2D eigenvalue weighted by Crippen LogP contribution is 2.39. The van der Waals surface area contributed by atoms with Crippen molar-refractivity contribution in [3.63, 3.8) is 0 Å². The number of nitrogens with zero attached hydrogens (tertiary/aromatic N) is 5. The first kappa shape index (κ1) is 20.2. The third-order valence-electron chi connectivity index (χ3n) is 5.98. The zero-order valence-corrected chi connectivity index (χ0v) is 18.3. The van der Waals surface area contributed by atoms with Gasteiger partial charge in [-0.1, -0.05) is 0 Å². The summed E-state index contributed by atoms with van der Waals surface area (Å²) >= 11 is 0. The van der Waals surface area contributed by atoms with Gasteiger partial charge >= 0.3 is 0 Å². The minimum atomic E-state index is -0.581. The molecule has 0 bridgehead atoms. The molecule has 3 aromatic heterocycles. The Labute approximate surface area is 193 Å². The number of hydrogen-bond donors (Lipinski definition) is 2. The molecule has 0 unspecified atom stereocenters. The summed E-state index contributed by atoms with van der Waals surface area (Å²) in [4.78, 5) is 31.7. The summed E-state index contributed by atoms with van der Waals surface area (Å²) in [6.45, 7) is 2.02. The zero-order chi connectivity index (χ0) is 23.2. The monoisotopic (exact) mass is 453 g/mol. The zero-order valence-electron chi connectivity index (χ0n) is 18.3. The second-order valence-electron chi connectivity index (χ2n) is 8.46. The molecule has 0 aliphatic heterocycles. The molecule has 2 aromatic carbocycles. The summed E-state index contributed by atoms with van der Waals surface area (Å²) in [5, 5.41) is 3.43. The van der Waals surface area contributed by atoms with Crippen LogP contribution in [0.25, 0.3) is 28.0 Å². The Morgan fingerprint density at radius 2 is 2.00 bits per heavy atom. The molecule has 1 aliphatic carbocycles. The van der Waals surface area contributed by atoms with Gasteiger partial charge in [-0.25, -0.2) is 24.3 Å². The van der Waals surface area contributed by atoms with Crippen LogP contribution in [0.15, 0.2) is 66.2 Å². The number of benzene rings is 2. The van der Waals surface area contributed by atoms with Gasteiger partial charge in [0.25, 0.3) is 5.56 Å². The van der Waals surface area contributed by atoms with E-state index in [0.29, 0.717) is 28.3 Å². The van der Waals surface area contributed by atoms with Gasteiger partial charge in [-0.2, -0.15) is 0 Å². The number of H-pyrrole nitrogens is 1. The van der Waals surface area contributed by atoms with Crippen LogP contribution in [0.5, 0.6) is 0 Å². The molecule has 8 nitrogen and oxygen atoms in total. The van der Waals surface area contributed by atoms with Crippen molar-refractivity contribution < 1.29 is 4.39 Å². The quantitative estimate of drug-likeness (QED) is 0.402. The van der Waals surface area contributed by atoms with Gasteiger partial charge < -0.3 is 14.9 Å². The van der Waals surface area contributed by atoms with Crippen LogP contribution in [0.2, 0.25) is 0 Å². The number of fused-ring (bicyclic) bond motifs is 1. The lowest BCUT2D eigenvalue weighted by Crippen LogP contribution is -2.06. The third-order valence-corrected chi connectivity index (χ3v) is 5.98. The third kappa shape index (κ3) is 3.71. The maximum absolute atomic E-state index is 14.5. The Morgan fingerprint density at radius 3 is 2.82 bits per heavy atom. The number of nitrogens with one attached hydrogen (secondary N) is 2. The Hall–Kier alpha value is -4.40. The van der Waals surface area contributed by atoms with Crippen LogP contribution in [0.1, 0.15) is 30.0 Å². The smallest absolute Gasteiger partial charge is 0.258 e. The van der Waals surface area contributed by atoms with Gasteiger partial charge in [-0.05, 0) is 61.7 Å². The average molecular weight is 453 g/mol. The van der Waals surface area contributed by atoms with Gasteiger partial charge in [0.15, 0.2) is 17.5 Å². The standard InChI is InChI=1S/C25H20FN7O/c1-14-8-16(4-7-22(14)33-11-21(30-13-33)15-2-3-15)23-27-10-19(26)24(32-23)31-17-5-6-18-20(9-17)28-12-29-25(18)34/h4-13,15H,2-3H2,1H3,(H,27,31,32)(H,28,29,34). The van der Waals surface area contributed by atoms with E-state index in [9.17, 15) is 9.18 Å². The highest BCUT2D eigenvalue weighted by molar-refractivity contribution is 5.82. The van der Waals surface area contributed by atoms with Gasteiger partial charge in [0.05, 0.1) is 35.4 Å². The molecule has 1 fully saturated rings. The molecule has 34 heavy (non-hydrogen) atoms. The van der Waals surface area contributed by atoms with E-state index in [2.05, 4.69) is 36.4 Å². The van der Waals surface area contributed by atoms with Crippen LogP contribution in [0.3, 0.4) is 0 Å². The molecule has 9 heteroatoms. The summed E-state index contributed by atoms with van der Waals surface area (Å²) in [5.74, 6) is 0.457. The first-order valence-corrected chi connectivity index (χ1v) is 11.0. The Balaban J connectivity index is 1.30. The van der Waals surface area contributed by atoms with E-state index in [0.717, 1.165) is 28.7 Å². The Bertz CT molecular complexity index is 1600. The number of rotatable bonds is 5. The minimum Gasteiger partial charge on any atom is -0.338 e. The molecular formula is C25H20FN7O. The van der Waals surface area contributed by atoms with E-state index in [1.807, 2.05) is 36.0 Å². The fraction of sp³-hybridized carbons (Fsp3) is 0.160. The Morgan fingerprint density at radius 1 is 1.12 bits per heavy atom. The molecule has 168 valence electrons. The summed E-state index contributed by atoms with van der Waals surface area (Å²) in [5.41, 5.74) is 4.80. The molecule has 6 rings (SSSR count). The summed E-state index contributed by atoms with van der Waals surface area (Å²) in [6, 6.07) is 10.9. The number of aryl methyl sites for hydroxylation is 1. The molecule has 0 saturated heterocycles. The van der Waals surface area contributed by atoms with Gasteiger partial charge in [-0.15, -0.1) is 0 Å². The number of anilines is 2. The predicted molar refractivity (Wildman–Crippen MR) is 127 cm³/mol. The maximum atomic E-state index is 14.5. The highest BCUT2D eigenvalue weighted by atomic mass is 19.1. The number of hydrogen-bond acceptors (Lipinski definition) is 6. The van der Waals surface area contributed by atoms with Crippen LogP contribution < -0.4 is 10.9 Å². The molecule has 0 atom stereocenters. The van der Waals surface area contributed by atoms with E-state index < -0.39 is 5.82 Å². The van der Waals surface area contributed by atoms with Crippen molar-refractivity contribution in [2.45, 2.75) is 25.7 Å². The largest absolute Gasteiger partial charge is 0.338 e. The van der Waals surface area contributed by atoms with Gasteiger partial charge in [0, 0.05) is 29.1 Å². The lowest BCUT2D eigenvalue weighted by Gasteiger charge is -2.11. The first-order valence-electron chi connectivity index (χ1n) is 11.0. The average Bonchev–Trinajstić information content (AvgIpc) is 3.57. The molecule has 1 saturated carbocycles. The highest BCUT2D eigenvalue weighted by Gasteiger charge is 2.26. The van der Waals surface area contributed by atoms with E-state index in [1.54, 1.807) is 18.2 Å². The Kier molecular flexibility index (Phi) is 4.68. The van der Waals surface area contributed by atoms with E-state index >= 15 is 0 Å². The fourth-order valence-electron chi connectivity index (χ4n) is 4.02. The molecule has 1 aliphatic rings. The van der Waals surface area contributed by atoms with E-state index in [1.165, 1.54) is 19.2 Å². The predicted octanol–water partition coefficient (Wildman–Crippen LogP) is 4.63. The van der Waals surface area contributed by atoms with E-state index in [4.69, 9.17) is 0 Å². The van der Waals surface area contributed by atoms with Crippen LogP contribution >= 0.6 is 0 Å². The van der Waals surface area contributed by atoms with Crippen LogP contribution in [0.4, 0.5) is 15.9 Å². The van der Waals surface area contributed by atoms with Crippen LogP contribution in [-0.2, 0) is 0 Å². The second-order valence-corrected chi connectivity index (χ2v) is 8.46. The molecule has 5 aromatic rings. The fourth-order valence-corrected chi connectivity index (χ4v) is 4.02. The first-order chi connectivity index (χ1) is 16.5. The lowest BCUT2D eigenvalue weighted by molar-refractivity contribution is 0.619. The van der Waals surface area contributed by atoms with Crippen molar-refractivity contribution in [3.8, 4) is 17.1 Å². The van der Waals surface area contributed by atoms with Crippen molar-refractivity contribution in [3.05, 3.63) is 88.9 Å². The van der Waals surface area contributed by atoms with Crippen molar-refractivity contribution >= 4 is 22.4 Å². The minimum absolute atomic E-state index is 0.0413. The normalized spacial score (nSPS) is 13.4. The number of imidazole rings is 1. The lowest BCUT2D eigenvalue weighted by atomic mass is 10.1. The summed E-state index contributed by atoms with van der Waals surface area (Å²) in [6.07, 6.45) is 8.83. The van der Waals surface area contributed by atoms with Crippen LogP contribution in [-0.4, -0.2) is 29.5 Å². The van der Waals surface area contributed by atoms with Crippen molar-refractivity contribution in [2.24, 2.45) is 0 Å². The topological polar surface area (TPSA) is 101 Å². The number of aromatic amines is 1. The van der Waals surface area contributed by atoms with Gasteiger partial charge in [0.2, 0.25) is 0 Å². The van der Waals surface area contributed by atoms with Gasteiger partial charge in [-0.3, -0.25) is 4.79 Å². The van der Waals surface area contributed by atoms with Crippen molar-refractivity contribution in [1.29, 1.82) is 0 Å². The molecule has 2 N–H and O–H groups in total. The summed E-state index contributed by atoms with van der Waals surface area (Å²) < 4.78 is 16.5. The summed E-state index contributed by atoms with van der Waals surface area (Å²) in [7, 11) is 0. The molecular weight excluding hydrogens is 433 g/mol. The van der Waals surface area contributed by atoms with Crippen molar-refractivity contribution in [1.82, 2.24) is 29.5 Å². The molecule has 0 radical (unpaired) electrons. The van der Waals surface area contributed by atoms with Gasteiger partial charge in [0.1, 0.15) is 0 Å². The number of aromatic nitrogens is 6. The molecule has 3 heterocycles. The van der Waals surface area contributed by atoms with E-state index in [-0.39, 0.29) is 11.4 Å². The van der Waals surface area contributed by atoms with Crippen molar-refractivity contribution in [2.75, 3.05) is 5.32 Å². The SMILES string of the molecule is Cc1cc(-c2ncc(F)c(Nc3ccc4c(=O)[nH]cnc4c3)n2)ccc1-n1cnc(C2CC2)c1. The van der Waals surface area contributed by atoms with Crippen LogP contribution in [0, 0.1) is 12.7 Å². The second kappa shape index (κ2) is 7.87. The maximum Gasteiger partial charge on any atom is 0.258 e. The molecule has 0 amide bonds. The molecule has 0 spiro atoms.